The number of hydrogen-bond donors (Lipinski definition) is 0. The molecule has 0 bridgehead atoms. The Labute approximate surface area is 162 Å². The van der Waals surface area contributed by atoms with Gasteiger partial charge in [0.1, 0.15) is 11.6 Å². The van der Waals surface area contributed by atoms with Gasteiger partial charge in [0.05, 0.1) is 18.7 Å². The number of para-hydroxylation sites is 1. The Hall–Kier alpha value is -1.72. The van der Waals surface area contributed by atoms with Crippen molar-refractivity contribution in [2.24, 2.45) is 5.92 Å². The highest BCUT2D eigenvalue weighted by molar-refractivity contribution is 5.89. The normalized spacial score (nSPS) is 22.1. The lowest BCUT2D eigenvalue weighted by Gasteiger charge is -2.32. The van der Waals surface area contributed by atoms with Crippen molar-refractivity contribution < 1.29 is 4.74 Å². The van der Waals surface area contributed by atoms with Crippen molar-refractivity contribution in [2.75, 3.05) is 44.8 Å². The van der Waals surface area contributed by atoms with E-state index in [2.05, 4.69) is 34.1 Å². The lowest BCUT2D eigenvalue weighted by Crippen LogP contribution is -2.37. The van der Waals surface area contributed by atoms with Gasteiger partial charge in [0, 0.05) is 32.1 Å². The van der Waals surface area contributed by atoms with Crippen LogP contribution in [0.15, 0.2) is 24.3 Å². The zero-order chi connectivity index (χ0) is 18.5. The van der Waals surface area contributed by atoms with E-state index >= 15 is 0 Å². The molecule has 1 aromatic carbocycles. The molecule has 2 fully saturated rings. The lowest BCUT2D eigenvalue weighted by molar-refractivity contribution is 0.0862. The molecule has 5 heteroatoms. The first-order chi connectivity index (χ1) is 13.3. The molecule has 2 aromatic rings. The molecule has 1 aromatic heterocycles. The average molecular weight is 369 g/mol. The van der Waals surface area contributed by atoms with Gasteiger partial charge < -0.3 is 9.64 Å². The first kappa shape index (κ1) is 18.6. The van der Waals surface area contributed by atoms with Gasteiger partial charge in [0.15, 0.2) is 0 Å². The Balaban J connectivity index is 1.59. The number of anilines is 1. The van der Waals surface area contributed by atoms with Gasteiger partial charge in [-0.15, -0.1) is 0 Å². The summed E-state index contributed by atoms with van der Waals surface area (Å²) in [6, 6.07) is 8.49. The van der Waals surface area contributed by atoms with E-state index < -0.39 is 0 Å². The molecule has 0 radical (unpaired) electrons. The Bertz CT molecular complexity index is 740. The van der Waals surface area contributed by atoms with Crippen LogP contribution in [0.25, 0.3) is 10.9 Å². The predicted octanol–water partition coefficient (Wildman–Crippen LogP) is 3.87. The van der Waals surface area contributed by atoms with E-state index in [4.69, 9.17) is 14.7 Å². The summed E-state index contributed by atoms with van der Waals surface area (Å²) in [5, 5.41) is 1.19. The minimum Gasteiger partial charge on any atom is -0.384 e. The van der Waals surface area contributed by atoms with E-state index in [1.165, 1.54) is 43.9 Å². The number of rotatable bonds is 5. The molecule has 1 atom stereocenters. The van der Waals surface area contributed by atoms with Crippen LogP contribution in [0.4, 0.5) is 5.82 Å². The SMILES string of the molecule is COC[C@H]1CCCN(Cc2nc(N3CCCCCC3)c3ccccc3n2)C1. The van der Waals surface area contributed by atoms with Crippen LogP contribution in [0, 0.1) is 5.92 Å². The molecule has 146 valence electrons. The van der Waals surface area contributed by atoms with Gasteiger partial charge in [-0.25, -0.2) is 9.97 Å². The van der Waals surface area contributed by atoms with Gasteiger partial charge >= 0.3 is 0 Å². The number of methoxy groups -OCH3 is 1. The highest BCUT2D eigenvalue weighted by Gasteiger charge is 2.22. The van der Waals surface area contributed by atoms with E-state index in [1.54, 1.807) is 7.11 Å². The number of piperidine rings is 1. The lowest BCUT2D eigenvalue weighted by atomic mass is 9.99. The first-order valence-electron chi connectivity index (χ1n) is 10.6. The van der Waals surface area contributed by atoms with Crippen LogP contribution >= 0.6 is 0 Å². The molecule has 4 rings (SSSR count). The Morgan fingerprint density at radius 2 is 1.81 bits per heavy atom. The quantitative estimate of drug-likeness (QED) is 0.801. The van der Waals surface area contributed by atoms with Gasteiger partial charge in [0.2, 0.25) is 0 Å². The molecule has 0 amide bonds. The molecule has 3 heterocycles. The van der Waals surface area contributed by atoms with E-state index in [-0.39, 0.29) is 0 Å². The molecular weight excluding hydrogens is 336 g/mol. The highest BCUT2D eigenvalue weighted by atomic mass is 16.5. The van der Waals surface area contributed by atoms with Crippen molar-refractivity contribution in [3.05, 3.63) is 30.1 Å². The molecule has 5 nitrogen and oxygen atoms in total. The third kappa shape index (κ3) is 4.58. The fraction of sp³-hybridized carbons (Fsp3) is 0.636. The van der Waals surface area contributed by atoms with E-state index in [9.17, 15) is 0 Å². The van der Waals surface area contributed by atoms with E-state index in [0.717, 1.165) is 56.5 Å². The Kier molecular flexibility index (Phi) is 6.20. The second-order valence-electron chi connectivity index (χ2n) is 8.08. The zero-order valence-corrected chi connectivity index (χ0v) is 16.6. The van der Waals surface area contributed by atoms with Crippen molar-refractivity contribution in [1.29, 1.82) is 0 Å². The molecule has 2 saturated heterocycles. The minimum atomic E-state index is 0.634. The second-order valence-corrected chi connectivity index (χ2v) is 8.08. The van der Waals surface area contributed by atoms with Crippen molar-refractivity contribution in [3.63, 3.8) is 0 Å². The predicted molar refractivity (Wildman–Crippen MR) is 110 cm³/mol. The van der Waals surface area contributed by atoms with Gasteiger partial charge in [0.25, 0.3) is 0 Å². The molecule has 0 spiro atoms. The fourth-order valence-electron chi connectivity index (χ4n) is 4.57. The van der Waals surface area contributed by atoms with Crippen molar-refractivity contribution >= 4 is 16.7 Å². The molecular formula is C22H32N4O. The van der Waals surface area contributed by atoms with Crippen LogP contribution in [-0.4, -0.2) is 54.8 Å². The fourth-order valence-corrected chi connectivity index (χ4v) is 4.57. The molecule has 0 unspecified atom stereocenters. The van der Waals surface area contributed by atoms with Crippen molar-refractivity contribution in [1.82, 2.24) is 14.9 Å². The second kappa shape index (κ2) is 8.98. The van der Waals surface area contributed by atoms with Gasteiger partial charge in [-0.05, 0) is 50.3 Å². The summed E-state index contributed by atoms with van der Waals surface area (Å²) in [4.78, 5) is 15.0. The largest absolute Gasteiger partial charge is 0.384 e. The van der Waals surface area contributed by atoms with Crippen LogP contribution in [0.2, 0.25) is 0 Å². The maximum absolute atomic E-state index is 5.38. The molecule has 2 aliphatic heterocycles. The van der Waals surface area contributed by atoms with Gasteiger partial charge in [-0.1, -0.05) is 25.0 Å². The summed E-state index contributed by atoms with van der Waals surface area (Å²) in [7, 11) is 1.80. The van der Waals surface area contributed by atoms with Crippen LogP contribution in [0.1, 0.15) is 44.3 Å². The number of hydrogen-bond acceptors (Lipinski definition) is 5. The monoisotopic (exact) mass is 368 g/mol. The van der Waals surface area contributed by atoms with E-state index in [1.807, 2.05) is 0 Å². The topological polar surface area (TPSA) is 41.5 Å². The molecule has 0 N–H and O–H groups in total. The van der Waals surface area contributed by atoms with Crippen LogP contribution < -0.4 is 4.90 Å². The summed E-state index contributed by atoms with van der Waals surface area (Å²) >= 11 is 0. The minimum absolute atomic E-state index is 0.634. The van der Waals surface area contributed by atoms with Gasteiger partial charge in [-0.2, -0.15) is 0 Å². The van der Waals surface area contributed by atoms with Crippen LogP contribution in [0.5, 0.6) is 0 Å². The average Bonchev–Trinajstić information content (AvgIpc) is 2.97. The number of benzene rings is 1. The maximum atomic E-state index is 5.38. The number of nitrogens with zero attached hydrogens (tertiary/aromatic N) is 4. The summed E-state index contributed by atoms with van der Waals surface area (Å²) in [6.07, 6.45) is 7.70. The third-order valence-electron chi connectivity index (χ3n) is 5.91. The van der Waals surface area contributed by atoms with Crippen molar-refractivity contribution in [3.8, 4) is 0 Å². The zero-order valence-electron chi connectivity index (χ0n) is 16.6. The number of fused-ring (bicyclic) bond motifs is 1. The summed E-state index contributed by atoms with van der Waals surface area (Å²) < 4.78 is 5.38. The maximum Gasteiger partial charge on any atom is 0.145 e. The number of ether oxygens (including phenoxy) is 1. The molecule has 0 aliphatic carbocycles. The Morgan fingerprint density at radius 1 is 1.00 bits per heavy atom. The highest BCUT2D eigenvalue weighted by Crippen LogP contribution is 2.27. The molecule has 2 aliphatic rings. The smallest absolute Gasteiger partial charge is 0.145 e. The summed E-state index contributed by atoms with van der Waals surface area (Å²) in [5.74, 6) is 2.74. The number of aromatic nitrogens is 2. The summed E-state index contributed by atoms with van der Waals surface area (Å²) in [6.45, 7) is 6.14. The molecule has 0 saturated carbocycles. The van der Waals surface area contributed by atoms with Crippen LogP contribution in [0.3, 0.4) is 0 Å². The summed E-state index contributed by atoms with van der Waals surface area (Å²) in [5.41, 5.74) is 1.08. The van der Waals surface area contributed by atoms with E-state index in [0.29, 0.717) is 5.92 Å². The third-order valence-corrected chi connectivity index (χ3v) is 5.91. The van der Waals surface area contributed by atoms with Crippen LogP contribution in [-0.2, 0) is 11.3 Å². The Morgan fingerprint density at radius 3 is 2.63 bits per heavy atom. The number of likely N-dealkylation sites (tertiary alicyclic amines) is 1. The van der Waals surface area contributed by atoms with Gasteiger partial charge in [-0.3, -0.25) is 4.90 Å². The standard InChI is InChI=1S/C22H32N4O/c1-27-17-18-9-8-12-25(15-18)16-21-23-20-11-5-4-10-19(20)22(24-21)26-13-6-2-3-7-14-26/h4-5,10-11,18H,2-3,6-9,12-17H2,1H3/t18-/m0/s1. The van der Waals surface area contributed by atoms with Crippen molar-refractivity contribution in [2.45, 2.75) is 45.1 Å². The first-order valence-corrected chi connectivity index (χ1v) is 10.6. The molecule has 27 heavy (non-hydrogen) atoms.